The van der Waals surface area contributed by atoms with Crippen molar-refractivity contribution in [2.24, 2.45) is 4.99 Å². The van der Waals surface area contributed by atoms with E-state index in [1.807, 2.05) is 116 Å². The van der Waals surface area contributed by atoms with Crippen molar-refractivity contribution >= 4 is 118 Å². The van der Waals surface area contributed by atoms with E-state index in [4.69, 9.17) is 0 Å². The largest absolute Gasteiger partial charge is 0.324 e. The quantitative estimate of drug-likeness (QED) is 0.0908. The number of aliphatic imine (C=N–C) groups is 1. The molecule has 0 saturated carbocycles. The lowest BCUT2D eigenvalue weighted by Gasteiger charge is -2.02. The molecule has 354 valence electrons. The van der Waals surface area contributed by atoms with Gasteiger partial charge in [-0.15, -0.1) is 22.7 Å². The number of rotatable bonds is 12. The summed E-state index contributed by atoms with van der Waals surface area (Å²) in [5.74, 6) is 0.404. The van der Waals surface area contributed by atoms with E-state index in [9.17, 15) is 19.2 Å². The molecule has 1 aliphatic rings. The number of anilines is 1. The zero-order valence-corrected chi connectivity index (χ0v) is 42.0. The van der Waals surface area contributed by atoms with Crippen molar-refractivity contribution in [1.82, 2.24) is 19.9 Å². The number of thiazole rings is 2. The van der Waals surface area contributed by atoms with E-state index in [-0.39, 0.29) is 22.6 Å². The molecule has 0 fully saturated rings. The van der Waals surface area contributed by atoms with Crippen molar-refractivity contribution in [2.75, 3.05) is 5.32 Å². The molecule has 13 heteroatoms. The van der Waals surface area contributed by atoms with E-state index in [1.54, 1.807) is 60.8 Å². The summed E-state index contributed by atoms with van der Waals surface area (Å²) >= 11 is 4.30. The number of thioether (sulfide) groups is 1. The molecule has 10 rings (SSSR count). The smallest absolute Gasteiger partial charge is 0.257 e. The second kappa shape index (κ2) is 24.0. The van der Waals surface area contributed by atoms with Gasteiger partial charge in [0.05, 0.1) is 43.6 Å². The van der Waals surface area contributed by atoms with Gasteiger partial charge in [-0.1, -0.05) is 111 Å². The molecule has 0 radical (unpaired) electrons. The molecule has 0 saturated heterocycles. The average molecular weight is 991 g/mol. The minimum Gasteiger partial charge on any atom is -0.324 e. The van der Waals surface area contributed by atoms with Crippen LogP contribution in [-0.4, -0.2) is 48.2 Å². The minimum absolute atomic E-state index is 0.0136. The molecule has 0 atom stereocenters. The zero-order valence-electron chi connectivity index (χ0n) is 39.5. The van der Waals surface area contributed by atoms with Crippen LogP contribution in [-0.2, 0) is 22.4 Å². The molecule has 1 amide bonds. The van der Waals surface area contributed by atoms with Crippen LogP contribution in [0.25, 0.3) is 43.6 Å². The summed E-state index contributed by atoms with van der Waals surface area (Å²) in [6.07, 6.45) is 5.07. The molecule has 9 aromatic rings. The van der Waals surface area contributed by atoms with Crippen LogP contribution in [0.15, 0.2) is 186 Å². The van der Waals surface area contributed by atoms with Gasteiger partial charge in [0.2, 0.25) is 11.1 Å². The predicted molar refractivity (Wildman–Crippen MR) is 296 cm³/mol. The minimum atomic E-state index is -0.195. The first-order chi connectivity index (χ1) is 34.2. The highest BCUT2D eigenvalue weighted by Gasteiger charge is 2.17. The average Bonchev–Trinajstić information content (AvgIpc) is 4.18. The first-order valence-electron chi connectivity index (χ1n) is 22.4. The highest BCUT2D eigenvalue weighted by molar-refractivity contribution is 8.15. The Morgan fingerprint density at radius 3 is 1.92 bits per heavy atom. The highest BCUT2D eigenvalue weighted by atomic mass is 32.2. The van der Waals surface area contributed by atoms with E-state index in [0.29, 0.717) is 41.1 Å². The summed E-state index contributed by atoms with van der Waals surface area (Å²) in [7, 11) is 0. The molecule has 3 aromatic heterocycles. The molecule has 0 spiro atoms. The number of aromatic nitrogens is 4. The number of nitrogens with one attached hydrogen (secondary N) is 2. The lowest BCUT2D eigenvalue weighted by atomic mass is 10.0. The van der Waals surface area contributed by atoms with Crippen LogP contribution < -0.4 is 5.32 Å². The number of para-hydroxylation sites is 4. The fourth-order valence-corrected chi connectivity index (χ4v) is 9.70. The Hall–Kier alpha value is -7.97. The maximum atomic E-state index is 12.2. The number of aromatic amines is 1. The van der Waals surface area contributed by atoms with Crippen molar-refractivity contribution in [3.05, 3.63) is 215 Å². The third kappa shape index (κ3) is 14.1. The maximum Gasteiger partial charge on any atom is 0.257 e. The van der Waals surface area contributed by atoms with Crippen molar-refractivity contribution in [2.45, 2.75) is 44.4 Å². The number of aryl methyl sites for hydroxylation is 1. The fraction of sp³-hybridized carbons (Fsp3) is 0.103. The van der Waals surface area contributed by atoms with Gasteiger partial charge in [0, 0.05) is 29.7 Å². The normalized spacial score (nSPS) is 11.1. The molecule has 10 nitrogen and oxygen atoms in total. The molecular weight excluding hydrogens is 941 g/mol. The second-order valence-corrected chi connectivity index (χ2v) is 19.7. The van der Waals surface area contributed by atoms with Crippen molar-refractivity contribution in [1.29, 1.82) is 0 Å². The van der Waals surface area contributed by atoms with E-state index < -0.39 is 0 Å². The number of ketones is 2. The van der Waals surface area contributed by atoms with Crippen LogP contribution in [0.5, 0.6) is 0 Å². The summed E-state index contributed by atoms with van der Waals surface area (Å²) in [6.45, 7) is 20.2. The second-order valence-electron chi connectivity index (χ2n) is 16.4. The number of amides is 1. The molecule has 0 bridgehead atoms. The summed E-state index contributed by atoms with van der Waals surface area (Å²) in [5, 5.41) is 3.64. The number of Topliss-reactive ketones (excluding diaryl/α,β-unsaturated/α-hetero) is 2. The number of carbonyl (C=O) groups excluding carboxylic acids is 4. The van der Waals surface area contributed by atoms with Gasteiger partial charge in [0.1, 0.15) is 5.01 Å². The van der Waals surface area contributed by atoms with Crippen molar-refractivity contribution < 1.29 is 19.2 Å². The number of hydrogen-bond acceptors (Lipinski definition) is 11. The molecule has 2 N–H and O–H groups in total. The number of fused-ring (bicyclic) bond motifs is 4. The van der Waals surface area contributed by atoms with Gasteiger partial charge in [-0.05, 0) is 133 Å². The van der Waals surface area contributed by atoms with E-state index in [0.717, 1.165) is 69.8 Å². The van der Waals surface area contributed by atoms with Gasteiger partial charge >= 0.3 is 0 Å². The maximum absolute atomic E-state index is 12.2. The molecule has 4 heterocycles. The van der Waals surface area contributed by atoms with E-state index in [1.165, 1.54) is 22.9 Å². The molecular formula is C58H50N6O4S3. The molecule has 71 heavy (non-hydrogen) atoms. The van der Waals surface area contributed by atoms with Crippen LogP contribution in [0.1, 0.15) is 68.2 Å². The van der Waals surface area contributed by atoms with Crippen molar-refractivity contribution in [3.8, 4) is 0 Å². The Kier molecular flexibility index (Phi) is 17.2. The summed E-state index contributed by atoms with van der Waals surface area (Å²) in [5.41, 5.74) is 12.4. The van der Waals surface area contributed by atoms with E-state index >= 15 is 0 Å². The SMILES string of the molecule is C=C(C)C(=O)CC1=Nc2ccccc2C1.C=C(C)C(=O)Cc1nc2cc(C)ccc2s1.C=Cc1ccc(C(=O)Nc2nc3ccccc3[nH]2)cc1.C=Cc1ccc(C(=O)Sc2nc3ccccc3s2)cc1. The first kappa shape index (κ1) is 50.9. The van der Waals surface area contributed by atoms with Crippen LogP contribution in [0.3, 0.4) is 0 Å². The Morgan fingerprint density at radius 2 is 1.27 bits per heavy atom. The number of nitrogens with zero attached hydrogens (tertiary/aromatic N) is 4. The summed E-state index contributed by atoms with van der Waals surface area (Å²) in [6, 6.07) is 44.3. The van der Waals surface area contributed by atoms with Gasteiger partial charge < -0.3 is 4.98 Å². The summed E-state index contributed by atoms with van der Waals surface area (Å²) in [4.78, 5) is 68.0. The lowest BCUT2D eigenvalue weighted by molar-refractivity contribution is -0.115. The lowest BCUT2D eigenvalue weighted by Crippen LogP contribution is -2.12. The zero-order chi connectivity index (χ0) is 50.4. The molecule has 0 aliphatic carbocycles. The Labute approximate surface area is 424 Å². The van der Waals surface area contributed by atoms with Crippen LogP contribution in [0.4, 0.5) is 11.6 Å². The van der Waals surface area contributed by atoms with Gasteiger partial charge in [-0.25, -0.2) is 15.0 Å². The number of H-pyrrole nitrogens is 1. The van der Waals surface area contributed by atoms with Gasteiger partial charge in [0.15, 0.2) is 15.9 Å². The first-order valence-corrected chi connectivity index (χ1v) is 24.9. The van der Waals surface area contributed by atoms with Gasteiger partial charge in [-0.2, -0.15) is 0 Å². The summed E-state index contributed by atoms with van der Waals surface area (Å²) < 4.78 is 3.02. The molecule has 6 aromatic carbocycles. The number of hydrogen-bond donors (Lipinski definition) is 2. The van der Waals surface area contributed by atoms with E-state index in [2.05, 4.69) is 74.8 Å². The predicted octanol–water partition coefficient (Wildman–Crippen LogP) is 14.5. The third-order valence-electron chi connectivity index (χ3n) is 10.7. The van der Waals surface area contributed by atoms with Crippen molar-refractivity contribution in [3.63, 3.8) is 0 Å². The Morgan fingerprint density at radius 1 is 0.662 bits per heavy atom. The number of imidazole rings is 1. The number of allylic oxidation sites excluding steroid dienone is 2. The Bertz CT molecular complexity index is 3290. The number of carbonyl (C=O) groups is 4. The standard InChI is InChI=1S/C16H13N3O.C16H11NOS2.C13H13NOS.C13H13NO/c1-2-11-7-9-12(10-8-11)15(20)19-16-17-13-5-3-4-6-14(13)18-16;1-2-11-7-9-12(10-8-11)15(18)20-16-17-13-5-3-4-6-14(13)19-16;1-8(2)11(15)7-13-14-10-6-9(3)4-5-12(10)16-13;1-9(2)13(15)8-11-7-10-5-3-4-6-12(10)14-11/h2-10H,1H2,(H2,17,18,19,20);2-10H,1H2;4-6H,1,7H2,2-3H3;3-6H,1,7-8H2,2H3. The Balaban J connectivity index is 0.000000140. The molecule has 0 unspecified atom stereocenters. The van der Waals surface area contributed by atoms with Crippen LogP contribution in [0.2, 0.25) is 0 Å². The van der Waals surface area contributed by atoms with Crippen LogP contribution >= 0.6 is 34.4 Å². The topological polar surface area (TPSA) is 147 Å². The third-order valence-corrected chi connectivity index (χ3v) is 13.8. The molecule has 1 aliphatic heterocycles. The highest BCUT2D eigenvalue weighted by Crippen LogP contribution is 2.32. The number of benzene rings is 6. The van der Waals surface area contributed by atoms with Gasteiger partial charge in [-0.3, -0.25) is 29.5 Å². The monoisotopic (exact) mass is 990 g/mol. The van der Waals surface area contributed by atoms with Crippen LogP contribution in [0, 0.1) is 6.92 Å². The fourth-order valence-electron chi connectivity index (χ4n) is 6.84. The van der Waals surface area contributed by atoms with Gasteiger partial charge in [0.25, 0.3) is 5.91 Å².